The molecule has 0 aromatic heterocycles. The van der Waals surface area contributed by atoms with Gasteiger partial charge in [0.2, 0.25) is 0 Å². The third-order valence-electron chi connectivity index (χ3n) is 0.813. The lowest BCUT2D eigenvalue weighted by Gasteiger charge is -2.04. The minimum Gasteiger partial charge on any atom is -0.481 e. The minimum absolute atomic E-state index is 0.125. The van der Waals surface area contributed by atoms with E-state index < -0.39 is 5.97 Å². The van der Waals surface area contributed by atoms with Gasteiger partial charge in [-0.1, -0.05) is 13.8 Å². The maximum Gasteiger partial charge on any atom is 0.300 e. The van der Waals surface area contributed by atoms with E-state index in [1.807, 2.05) is 6.92 Å². The average molecular weight is 162 g/mol. The van der Waals surface area contributed by atoms with Crippen LogP contribution in [0.5, 0.6) is 0 Å². The smallest absolute Gasteiger partial charge is 0.300 e. The molecule has 0 aliphatic heterocycles. The van der Waals surface area contributed by atoms with E-state index in [0.717, 1.165) is 13.3 Å². The molecule has 0 bridgehead atoms. The van der Waals surface area contributed by atoms with E-state index in [0.29, 0.717) is 5.92 Å². The minimum atomic E-state index is -0.833. The van der Waals surface area contributed by atoms with Crippen molar-refractivity contribution in [2.75, 3.05) is 0 Å². The summed E-state index contributed by atoms with van der Waals surface area (Å²) in [6.45, 7) is 7.11. The Hall–Kier alpha value is -0.570. The summed E-state index contributed by atoms with van der Waals surface area (Å²) in [7, 11) is 0. The molecule has 0 fully saturated rings. The number of rotatable bonds is 2. The molecule has 0 aliphatic carbocycles. The summed E-state index contributed by atoms with van der Waals surface area (Å²) in [5, 5.41) is 16.1. The lowest BCUT2D eigenvalue weighted by Crippen LogP contribution is -2.03. The van der Waals surface area contributed by atoms with Crippen molar-refractivity contribution < 1.29 is 15.0 Å². The normalized spacial score (nSPS) is 11.8. The van der Waals surface area contributed by atoms with Crippen molar-refractivity contribution in [2.24, 2.45) is 5.92 Å². The molecule has 68 valence electrons. The molecule has 11 heavy (non-hydrogen) atoms. The lowest BCUT2D eigenvalue weighted by molar-refractivity contribution is -0.134. The molecular formula is C8H18O3. The molecule has 0 spiro atoms. The van der Waals surface area contributed by atoms with Crippen LogP contribution in [-0.4, -0.2) is 22.3 Å². The first-order valence-electron chi connectivity index (χ1n) is 3.73. The molecule has 1 atom stereocenters. The fourth-order valence-corrected chi connectivity index (χ4v) is 0.682. The second-order valence-corrected chi connectivity index (χ2v) is 3.00. The molecule has 0 aromatic rings. The molecule has 3 heteroatoms. The van der Waals surface area contributed by atoms with Gasteiger partial charge < -0.3 is 10.2 Å². The number of aliphatic carboxylic acids is 1. The van der Waals surface area contributed by atoms with Gasteiger partial charge in [0, 0.05) is 6.92 Å². The number of carboxylic acids is 1. The molecule has 0 amide bonds. The van der Waals surface area contributed by atoms with Crippen molar-refractivity contribution in [1.29, 1.82) is 0 Å². The maximum absolute atomic E-state index is 9.00. The first kappa shape index (κ1) is 13.1. The standard InChI is InChI=1S/C6H14O.C2H4O2/c1-5(2)4-6(3)7;1-2(3)4/h5-7H,4H2,1-3H3;1H3,(H,3,4). The number of carbonyl (C=O) groups is 1. The Labute approximate surface area is 68.0 Å². The zero-order valence-corrected chi connectivity index (χ0v) is 7.66. The Kier molecular flexibility index (Phi) is 8.94. The summed E-state index contributed by atoms with van der Waals surface area (Å²) in [6, 6.07) is 0. The summed E-state index contributed by atoms with van der Waals surface area (Å²) < 4.78 is 0. The van der Waals surface area contributed by atoms with Crippen LogP contribution in [0, 0.1) is 5.92 Å². The number of hydrogen-bond donors (Lipinski definition) is 2. The molecule has 0 saturated carbocycles. The summed E-state index contributed by atoms with van der Waals surface area (Å²) in [5.41, 5.74) is 0. The molecule has 0 rings (SSSR count). The summed E-state index contributed by atoms with van der Waals surface area (Å²) >= 11 is 0. The van der Waals surface area contributed by atoms with Gasteiger partial charge in [0.15, 0.2) is 0 Å². The molecule has 0 aromatic carbocycles. The maximum atomic E-state index is 9.00. The van der Waals surface area contributed by atoms with Crippen molar-refractivity contribution in [3.63, 3.8) is 0 Å². The van der Waals surface area contributed by atoms with Crippen LogP contribution in [0.2, 0.25) is 0 Å². The van der Waals surface area contributed by atoms with Gasteiger partial charge in [-0.15, -0.1) is 0 Å². The van der Waals surface area contributed by atoms with E-state index >= 15 is 0 Å². The number of carboxylic acid groups (broad SMARTS) is 1. The SMILES string of the molecule is CC(=O)O.CC(C)CC(C)O. The molecule has 1 unspecified atom stereocenters. The zero-order valence-electron chi connectivity index (χ0n) is 7.66. The third kappa shape index (κ3) is 44.2. The van der Waals surface area contributed by atoms with Gasteiger partial charge in [-0.3, -0.25) is 4.79 Å². The van der Waals surface area contributed by atoms with E-state index in [4.69, 9.17) is 15.0 Å². The van der Waals surface area contributed by atoms with Crippen LogP contribution in [-0.2, 0) is 4.79 Å². The van der Waals surface area contributed by atoms with Crippen LogP contribution in [0.1, 0.15) is 34.1 Å². The Bertz CT molecular complexity index is 87.5. The Morgan fingerprint density at radius 1 is 1.36 bits per heavy atom. The molecule has 3 nitrogen and oxygen atoms in total. The van der Waals surface area contributed by atoms with Gasteiger partial charge in [-0.05, 0) is 19.3 Å². The van der Waals surface area contributed by atoms with Gasteiger partial charge in [-0.25, -0.2) is 0 Å². The van der Waals surface area contributed by atoms with Crippen LogP contribution in [0.4, 0.5) is 0 Å². The van der Waals surface area contributed by atoms with Crippen LogP contribution in [0.15, 0.2) is 0 Å². The molecule has 2 N–H and O–H groups in total. The predicted molar refractivity (Wildman–Crippen MR) is 44.4 cm³/mol. The monoisotopic (exact) mass is 162 g/mol. The van der Waals surface area contributed by atoms with Gasteiger partial charge in [0.25, 0.3) is 5.97 Å². The summed E-state index contributed by atoms with van der Waals surface area (Å²) in [5.74, 6) is -0.208. The van der Waals surface area contributed by atoms with Gasteiger partial charge in [0.1, 0.15) is 0 Å². The van der Waals surface area contributed by atoms with Gasteiger partial charge >= 0.3 is 0 Å². The molecule has 0 radical (unpaired) electrons. The van der Waals surface area contributed by atoms with E-state index in [2.05, 4.69) is 13.8 Å². The van der Waals surface area contributed by atoms with Crippen molar-refractivity contribution in [3.05, 3.63) is 0 Å². The van der Waals surface area contributed by atoms with Crippen LogP contribution in [0.3, 0.4) is 0 Å². The van der Waals surface area contributed by atoms with E-state index in [9.17, 15) is 0 Å². The fraction of sp³-hybridized carbons (Fsp3) is 0.875. The van der Waals surface area contributed by atoms with E-state index in [-0.39, 0.29) is 6.10 Å². The molecule has 0 saturated heterocycles. The highest BCUT2D eigenvalue weighted by atomic mass is 16.4. The average Bonchev–Trinajstić information content (AvgIpc) is 1.56. The Morgan fingerprint density at radius 3 is 1.64 bits per heavy atom. The highest BCUT2D eigenvalue weighted by molar-refractivity contribution is 5.62. The van der Waals surface area contributed by atoms with E-state index in [1.165, 1.54) is 0 Å². The van der Waals surface area contributed by atoms with Crippen molar-refractivity contribution in [2.45, 2.75) is 40.2 Å². The first-order valence-corrected chi connectivity index (χ1v) is 3.73. The molecule has 0 aliphatic rings. The van der Waals surface area contributed by atoms with Crippen molar-refractivity contribution >= 4 is 5.97 Å². The van der Waals surface area contributed by atoms with Gasteiger partial charge in [0.05, 0.1) is 6.10 Å². The third-order valence-corrected chi connectivity index (χ3v) is 0.813. The largest absolute Gasteiger partial charge is 0.481 e. The first-order chi connectivity index (χ1) is 4.86. The van der Waals surface area contributed by atoms with Crippen LogP contribution < -0.4 is 0 Å². The van der Waals surface area contributed by atoms with Crippen LogP contribution in [0.25, 0.3) is 0 Å². The second kappa shape index (κ2) is 7.54. The topological polar surface area (TPSA) is 57.5 Å². The Morgan fingerprint density at radius 2 is 1.64 bits per heavy atom. The fourth-order valence-electron chi connectivity index (χ4n) is 0.682. The lowest BCUT2D eigenvalue weighted by atomic mass is 10.1. The number of hydrogen-bond acceptors (Lipinski definition) is 2. The van der Waals surface area contributed by atoms with Crippen LogP contribution >= 0.6 is 0 Å². The predicted octanol–water partition coefficient (Wildman–Crippen LogP) is 1.50. The number of aliphatic hydroxyl groups excluding tert-OH is 1. The summed E-state index contributed by atoms with van der Waals surface area (Å²) in [6.07, 6.45) is 0.792. The molecular weight excluding hydrogens is 144 g/mol. The quantitative estimate of drug-likeness (QED) is 0.647. The van der Waals surface area contributed by atoms with E-state index in [1.54, 1.807) is 0 Å². The van der Waals surface area contributed by atoms with Crippen molar-refractivity contribution in [1.82, 2.24) is 0 Å². The van der Waals surface area contributed by atoms with Crippen molar-refractivity contribution in [3.8, 4) is 0 Å². The number of aliphatic hydroxyl groups is 1. The Balaban J connectivity index is 0. The van der Waals surface area contributed by atoms with Gasteiger partial charge in [-0.2, -0.15) is 0 Å². The highest BCUT2D eigenvalue weighted by Crippen LogP contribution is 2.01. The zero-order chi connectivity index (χ0) is 9.44. The second-order valence-electron chi connectivity index (χ2n) is 3.00. The molecule has 0 heterocycles. The highest BCUT2D eigenvalue weighted by Gasteiger charge is 1.97. The summed E-state index contributed by atoms with van der Waals surface area (Å²) in [4.78, 5) is 9.00.